The van der Waals surface area contributed by atoms with Gasteiger partial charge in [0.05, 0.1) is 6.42 Å². The van der Waals surface area contributed by atoms with E-state index in [1.165, 1.54) is 0 Å². The molecule has 34 heavy (non-hydrogen) atoms. The molecule has 3 aromatic rings. The maximum absolute atomic E-state index is 13.8. The first-order chi connectivity index (χ1) is 16.1. The zero-order chi connectivity index (χ0) is 24.7. The second kappa shape index (κ2) is 11.1. The summed E-state index contributed by atoms with van der Waals surface area (Å²) in [4.78, 5) is 29.1. The number of hydrogen-bond donors (Lipinski definition) is 1. The molecule has 0 unspecified atom stereocenters. The third kappa shape index (κ3) is 7.31. The van der Waals surface area contributed by atoms with Crippen molar-refractivity contribution in [3.05, 3.63) is 107 Å². The number of amides is 2. The number of carbonyl (C=O) groups is 2. The van der Waals surface area contributed by atoms with Crippen molar-refractivity contribution in [3.63, 3.8) is 0 Å². The summed E-state index contributed by atoms with van der Waals surface area (Å²) >= 11 is 0. The normalized spacial score (nSPS) is 12.1. The number of nitrogens with zero attached hydrogens (tertiary/aromatic N) is 1. The van der Waals surface area contributed by atoms with Crippen molar-refractivity contribution < 1.29 is 9.59 Å². The number of hydrogen-bond acceptors (Lipinski definition) is 2. The lowest BCUT2D eigenvalue weighted by Crippen LogP contribution is -2.54. The first-order valence-corrected chi connectivity index (χ1v) is 11.9. The van der Waals surface area contributed by atoms with Crippen molar-refractivity contribution in [2.75, 3.05) is 0 Å². The molecule has 4 heteroatoms. The molecule has 4 nitrogen and oxygen atoms in total. The molecule has 0 saturated carbocycles. The van der Waals surface area contributed by atoms with E-state index in [4.69, 9.17) is 0 Å². The summed E-state index contributed by atoms with van der Waals surface area (Å²) in [6.45, 7) is 10.3. The van der Waals surface area contributed by atoms with Gasteiger partial charge in [0.25, 0.3) is 0 Å². The minimum absolute atomic E-state index is 0.0582. The fourth-order valence-electron chi connectivity index (χ4n) is 3.96. The van der Waals surface area contributed by atoms with E-state index >= 15 is 0 Å². The lowest BCUT2D eigenvalue weighted by atomic mass is 9.99. The Balaban J connectivity index is 1.99. The molecule has 0 bridgehead atoms. The SMILES string of the molecule is Cc1ccc(CC(=O)N(Cc2ccccc2C)[C@@H](Cc2ccccc2)C(=O)NC(C)(C)C)cc1. The maximum Gasteiger partial charge on any atom is 0.243 e. The Morgan fingerprint density at radius 2 is 1.44 bits per heavy atom. The van der Waals surface area contributed by atoms with Crippen LogP contribution in [0.5, 0.6) is 0 Å². The van der Waals surface area contributed by atoms with Crippen LogP contribution in [0.25, 0.3) is 0 Å². The predicted octanol–water partition coefficient (Wildman–Crippen LogP) is 5.40. The monoisotopic (exact) mass is 456 g/mol. The molecule has 178 valence electrons. The minimum Gasteiger partial charge on any atom is -0.350 e. The smallest absolute Gasteiger partial charge is 0.243 e. The van der Waals surface area contributed by atoms with Gasteiger partial charge in [-0.15, -0.1) is 0 Å². The Labute approximate surface area is 204 Å². The van der Waals surface area contributed by atoms with Gasteiger partial charge in [0.15, 0.2) is 0 Å². The lowest BCUT2D eigenvalue weighted by Gasteiger charge is -2.34. The van der Waals surface area contributed by atoms with Crippen LogP contribution in [0.3, 0.4) is 0 Å². The van der Waals surface area contributed by atoms with Crippen LogP contribution in [0.15, 0.2) is 78.9 Å². The minimum atomic E-state index is -0.626. The predicted molar refractivity (Wildman–Crippen MR) is 138 cm³/mol. The average molecular weight is 457 g/mol. The van der Waals surface area contributed by atoms with E-state index in [2.05, 4.69) is 5.32 Å². The molecule has 0 aliphatic heterocycles. The second-order valence-corrected chi connectivity index (χ2v) is 10.1. The molecule has 1 N–H and O–H groups in total. The molecule has 0 radical (unpaired) electrons. The van der Waals surface area contributed by atoms with Crippen molar-refractivity contribution >= 4 is 11.8 Å². The van der Waals surface area contributed by atoms with Crippen LogP contribution in [0, 0.1) is 13.8 Å². The number of nitrogens with one attached hydrogen (secondary N) is 1. The molecule has 1 atom stereocenters. The molecule has 0 aliphatic carbocycles. The van der Waals surface area contributed by atoms with E-state index in [-0.39, 0.29) is 18.2 Å². The molecule has 0 fully saturated rings. The maximum atomic E-state index is 13.8. The zero-order valence-corrected chi connectivity index (χ0v) is 21.0. The third-order valence-corrected chi connectivity index (χ3v) is 5.85. The van der Waals surface area contributed by atoms with Crippen LogP contribution >= 0.6 is 0 Å². The van der Waals surface area contributed by atoms with Crippen LogP contribution in [-0.4, -0.2) is 28.3 Å². The molecule has 0 heterocycles. The summed E-state index contributed by atoms with van der Waals surface area (Å²) in [5, 5.41) is 3.11. The Kier molecular flexibility index (Phi) is 8.27. The third-order valence-electron chi connectivity index (χ3n) is 5.85. The first-order valence-electron chi connectivity index (χ1n) is 11.9. The van der Waals surface area contributed by atoms with Gasteiger partial charge < -0.3 is 10.2 Å². The Bertz CT molecular complexity index is 1100. The first kappa shape index (κ1) is 25.2. The highest BCUT2D eigenvalue weighted by atomic mass is 16.2. The second-order valence-electron chi connectivity index (χ2n) is 10.1. The van der Waals surface area contributed by atoms with Gasteiger partial charge in [-0.1, -0.05) is 84.4 Å². The highest BCUT2D eigenvalue weighted by Crippen LogP contribution is 2.19. The van der Waals surface area contributed by atoms with Crippen molar-refractivity contribution in [2.45, 2.75) is 65.6 Å². The topological polar surface area (TPSA) is 49.4 Å². The van der Waals surface area contributed by atoms with E-state index in [1.54, 1.807) is 4.90 Å². The van der Waals surface area contributed by atoms with Crippen LogP contribution in [0.4, 0.5) is 0 Å². The van der Waals surface area contributed by atoms with E-state index < -0.39 is 11.6 Å². The van der Waals surface area contributed by atoms with Gasteiger partial charge in [0.1, 0.15) is 6.04 Å². The van der Waals surface area contributed by atoms with E-state index in [0.717, 1.165) is 27.8 Å². The van der Waals surface area contributed by atoms with Gasteiger partial charge in [-0.25, -0.2) is 0 Å². The summed E-state index contributed by atoms with van der Waals surface area (Å²) in [7, 11) is 0. The van der Waals surface area contributed by atoms with Gasteiger partial charge in [-0.2, -0.15) is 0 Å². The number of carbonyl (C=O) groups excluding carboxylic acids is 2. The molecular weight excluding hydrogens is 420 g/mol. The summed E-state index contributed by atoms with van der Waals surface area (Å²) < 4.78 is 0. The number of aryl methyl sites for hydroxylation is 2. The molecule has 3 aromatic carbocycles. The largest absolute Gasteiger partial charge is 0.350 e. The van der Waals surface area contributed by atoms with Crippen LogP contribution < -0.4 is 5.32 Å². The summed E-state index contributed by atoms with van der Waals surface area (Å²) in [6.07, 6.45) is 0.703. The molecule has 0 saturated heterocycles. The van der Waals surface area contributed by atoms with Crippen molar-refractivity contribution in [3.8, 4) is 0 Å². The van der Waals surface area contributed by atoms with Crippen molar-refractivity contribution in [1.82, 2.24) is 10.2 Å². The lowest BCUT2D eigenvalue weighted by molar-refractivity contribution is -0.141. The Morgan fingerprint density at radius 3 is 2.06 bits per heavy atom. The summed E-state index contributed by atoms with van der Waals surface area (Å²) in [5.41, 5.74) is 4.86. The zero-order valence-electron chi connectivity index (χ0n) is 21.0. The molecule has 0 aliphatic rings. The van der Waals surface area contributed by atoms with Crippen molar-refractivity contribution in [1.29, 1.82) is 0 Å². The van der Waals surface area contributed by atoms with Crippen LogP contribution in [-0.2, 0) is 29.0 Å². The van der Waals surface area contributed by atoms with Crippen LogP contribution in [0.2, 0.25) is 0 Å². The van der Waals surface area contributed by atoms with Gasteiger partial charge in [-0.05, 0) is 56.9 Å². The van der Waals surface area contributed by atoms with E-state index in [0.29, 0.717) is 13.0 Å². The quantitative estimate of drug-likeness (QED) is 0.493. The van der Waals surface area contributed by atoms with E-state index in [1.807, 2.05) is 113 Å². The van der Waals surface area contributed by atoms with Gasteiger partial charge in [0.2, 0.25) is 11.8 Å². The van der Waals surface area contributed by atoms with Gasteiger partial charge >= 0.3 is 0 Å². The average Bonchev–Trinajstić information content (AvgIpc) is 2.78. The molecular formula is C30H36N2O2. The molecule has 2 amide bonds. The van der Waals surface area contributed by atoms with Gasteiger partial charge in [-0.3, -0.25) is 9.59 Å². The van der Waals surface area contributed by atoms with E-state index in [9.17, 15) is 9.59 Å². The van der Waals surface area contributed by atoms with Crippen LogP contribution in [0.1, 0.15) is 48.6 Å². The Morgan fingerprint density at radius 1 is 0.824 bits per heavy atom. The highest BCUT2D eigenvalue weighted by Gasteiger charge is 2.32. The van der Waals surface area contributed by atoms with Gasteiger partial charge in [0, 0.05) is 18.5 Å². The summed E-state index contributed by atoms with van der Waals surface area (Å²) in [5.74, 6) is -0.195. The number of rotatable bonds is 8. The molecule has 0 aromatic heterocycles. The van der Waals surface area contributed by atoms with Crippen molar-refractivity contribution in [2.24, 2.45) is 0 Å². The highest BCUT2D eigenvalue weighted by molar-refractivity contribution is 5.89. The fraction of sp³-hybridized carbons (Fsp3) is 0.333. The summed E-state index contributed by atoms with van der Waals surface area (Å²) in [6, 6.07) is 25.3. The fourth-order valence-corrected chi connectivity index (χ4v) is 3.96. The molecule has 3 rings (SSSR count). The standard InChI is InChI=1S/C30H36N2O2/c1-22-15-17-25(18-16-22)20-28(33)32(21-26-14-10-9-11-23(26)2)27(29(34)31-30(3,4)5)19-24-12-7-6-8-13-24/h6-18,27H,19-21H2,1-5H3,(H,31,34)/t27-/m0/s1. The Hall–Kier alpha value is -3.40. The molecule has 0 spiro atoms. The number of benzene rings is 3.